The third-order valence-corrected chi connectivity index (χ3v) is 7.57. The molecule has 2 saturated heterocycles. The monoisotopic (exact) mass is 398 g/mol. The molecule has 0 radical (unpaired) electrons. The largest absolute Gasteiger partial charge is 0.497 e. The number of esters is 2. The summed E-state index contributed by atoms with van der Waals surface area (Å²) in [5.41, 5.74) is 1.53. The maximum absolute atomic E-state index is 13.3. The summed E-state index contributed by atoms with van der Waals surface area (Å²) in [7, 11) is 3.03. The van der Waals surface area contributed by atoms with E-state index in [-0.39, 0.29) is 18.0 Å². The van der Waals surface area contributed by atoms with Crippen LogP contribution in [-0.2, 0) is 24.5 Å². The number of hydrogen-bond acceptors (Lipinski definition) is 7. The second-order valence-electron chi connectivity index (χ2n) is 8.47. The Morgan fingerprint density at radius 2 is 2.17 bits per heavy atom. The summed E-state index contributed by atoms with van der Waals surface area (Å²) in [6, 6.07) is 5.86. The third-order valence-electron chi connectivity index (χ3n) is 7.57. The third kappa shape index (κ3) is 2.19. The molecular formula is C22H26N2O5. The Labute approximate surface area is 170 Å². The van der Waals surface area contributed by atoms with Gasteiger partial charge in [0.05, 0.1) is 36.7 Å². The predicted octanol–water partition coefficient (Wildman–Crippen LogP) is 2.24. The van der Waals surface area contributed by atoms with Crippen LogP contribution in [0.5, 0.6) is 5.75 Å². The van der Waals surface area contributed by atoms with Crippen molar-refractivity contribution in [2.24, 2.45) is 16.3 Å². The van der Waals surface area contributed by atoms with Gasteiger partial charge in [0.25, 0.3) is 0 Å². The fourth-order valence-corrected chi connectivity index (χ4v) is 6.36. The zero-order chi connectivity index (χ0) is 20.4. The van der Waals surface area contributed by atoms with Gasteiger partial charge in [0, 0.05) is 24.4 Å². The minimum atomic E-state index is -0.758. The lowest BCUT2D eigenvalue weighted by Gasteiger charge is -2.52. The van der Waals surface area contributed by atoms with Crippen LogP contribution in [0.25, 0.3) is 0 Å². The molecule has 3 heterocycles. The number of rotatable bonds is 3. The first-order valence-corrected chi connectivity index (χ1v) is 10.3. The number of nitrogens with zero attached hydrogens (tertiary/aromatic N) is 2. The number of ether oxygens (including phenoxy) is 3. The van der Waals surface area contributed by atoms with Gasteiger partial charge in [-0.3, -0.25) is 19.5 Å². The summed E-state index contributed by atoms with van der Waals surface area (Å²) in [6.07, 6.45) is 1.82. The summed E-state index contributed by atoms with van der Waals surface area (Å²) in [4.78, 5) is 33.6. The second kappa shape index (κ2) is 6.29. The van der Waals surface area contributed by atoms with E-state index in [0.717, 1.165) is 35.7 Å². The zero-order valence-electron chi connectivity index (χ0n) is 17.1. The summed E-state index contributed by atoms with van der Waals surface area (Å²) in [6.45, 7) is 3.97. The second-order valence-corrected chi connectivity index (χ2v) is 8.47. The number of carbonyl (C=O) groups excluding carboxylic acids is 2. The van der Waals surface area contributed by atoms with E-state index in [1.165, 1.54) is 7.11 Å². The molecule has 1 aromatic carbocycles. The van der Waals surface area contributed by atoms with E-state index in [2.05, 4.69) is 11.0 Å². The molecule has 0 unspecified atom stereocenters. The Kier molecular flexibility index (Phi) is 4.04. The van der Waals surface area contributed by atoms with Gasteiger partial charge in [0.2, 0.25) is 0 Å². The van der Waals surface area contributed by atoms with E-state index in [0.29, 0.717) is 26.0 Å². The number of fused-ring (bicyclic) bond motifs is 1. The van der Waals surface area contributed by atoms with Gasteiger partial charge in [-0.2, -0.15) is 0 Å². The lowest BCUT2D eigenvalue weighted by Crippen LogP contribution is -2.64. The van der Waals surface area contributed by atoms with Gasteiger partial charge in [-0.25, -0.2) is 0 Å². The normalized spacial score (nSPS) is 35.0. The first-order valence-electron chi connectivity index (χ1n) is 10.3. The van der Waals surface area contributed by atoms with Crippen molar-refractivity contribution in [1.29, 1.82) is 0 Å². The Hall–Kier alpha value is -2.41. The molecule has 3 aliphatic heterocycles. The number of carbonyl (C=O) groups is 2. The Bertz CT molecular complexity index is 928. The first kappa shape index (κ1) is 18.6. The average Bonchev–Trinajstić information content (AvgIpc) is 3.25. The van der Waals surface area contributed by atoms with Crippen LogP contribution < -0.4 is 4.74 Å². The molecule has 1 spiro atoms. The molecule has 0 aromatic heterocycles. The van der Waals surface area contributed by atoms with Crippen LogP contribution >= 0.6 is 0 Å². The minimum absolute atomic E-state index is 0.0655. The van der Waals surface area contributed by atoms with Crippen LogP contribution in [0.4, 0.5) is 5.69 Å². The summed E-state index contributed by atoms with van der Waals surface area (Å²) in [5.74, 6) is -0.344. The molecule has 1 aromatic rings. The van der Waals surface area contributed by atoms with Crippen LogP contribution in [0.3, 0.4) is 0 Å². The first-order chi connectivity index (χ1) is 14.0. The molecule has 0 bridgehead atoms. The topological polar surface area (TPSA) is 77.4 Å². The average molecular weight is 398 g/mol. The molecule has 1 aliphatic carbocycles. The quantitative estimate of drug-likeness (QED) is 0.727. The molecule has 7 heteroatoms. The van der Waals surface area contributed by atoms with E-state index < -0.39 is 16.7 Å². The predicted molar refractivity (Wildman–Crippen MR) is 106 cm³/mol. The van der Waals surface area contributed by atoms with Crippen LogP contribution in [0.2, 0.25) is 0 Å². The van der Waals surface area contributed by atoms with E-state index in [1.807, 2.05) is 19.1 Å². The molecule has 4 atom stereocenters. The lowest BCUT2D eigenvalue weighted by molar-refractivity contribution is -0.160. The summed E-state index contributed by atoms with van der Waals surface area (Å²) >= 11 is 0. The van der Waals surface area contributed by atoms with E-state index >= 15 is 0 Å². The van der Waals surface area contributed by atoms with Crippen LogP contribution in [0, 0.1) is 11.3 Å². The molecule has 0 N–H and O–H groups in total. The van der Waals surface area contributed by atoms with Crippen molar-refractivity contribution in [3.05, 3.63) is 23.8 Å². The van der Waals surface area contributed by atoms with Gasteiger partial charge in [-0.1, -0.05) is 13.0 Å². The highest BCUT2D eigenvalue weighted by Crippen LogP contribution is 2.62. The maximum Gasteiger partial charge on any atom is 0.314 e. The Morgan fingerprint density at radius 1 is 1.34 bits per heavy atom. The SMILES string of the molecule is CC[C@@]12C[C@@H](C(=O)OC)C3=Nc4cc(OC)ccc4[C@@]34CCN(CCOC1=O)[C@@H]24. The maximum atomic E-state index is 13.3. The van der Waals surface area contributed by atoms with Crippen molar-refractivity contribution >= 4 is 23.3 Å². The summed E-state index contributed by atoms with van der Waals surface area (Å²) < 4.78 is 16.2. The van der Waals surface area contributed by atoms with Gasteiger partial charge in [-0.15, -0.1) is 0 Å². The molecule has 154 valence electrons. The standard InChI is InChI=1S/C22H26N2O5/c1-4-21-12-14(18(25)28-3)17-22(15-6-5-13(27-2)11-16(15)23-17)7-8-24(19(21)22)9-10-29-20(21)26/h5-6,11,14,19H,4,7-10,12H2,1-3H3/t14-,19+,21+,22+/m1/s1. The number of benzene rings is 1. The van der Waals surface area contributed by atoms with Gasteiger partial charge < -0.3 is 14.2 Å². The molecule has 0 amide bonds. The molecule has 3 fully saturated rings. The van der Waals surface area contributed by atoms with Crippen LogP contribution in [0.15, 0.2) is 23.2 Å². The number of cyclic esters (lactones) is 1. The molecule has 7 nitrogen and oxygen atoms in total. The van der Waals surface area contributed by atoms with E-state index in [4.69, 9.17) is 19.2 Å². The zero-order valence-corrected chi connectivity index (χ0v) is 17.1. The van der Waals surface area contributed by atoms with Crippen LogP contribution in [-0.4, -0.2) is 62.5 Å². The van der Waals surface area contributed by atoms with Crippen molar-refractivity contribution < 1.29 is 23.8 Å². The van der Waals surface area contributed by atoms with Crippen molar-refractivity contribution in [3.63, 3.8) is 0 Å². The number of hydrogen-bond donors (Lipinski definition) is 0. The van der Waals surface area contributed by atoms with Crippen molar-refractivity contribution in [2.45, 2.75) is 37.6 Å². The van der Waals surface area contributed by atoms with Gasteiger partial charge in [0.1, 0.15) is 12.4 Å². The number of methoxy groups -OCH3 is 2. The minimum Gasteiger partial charge on any atom is -0.497 e. The molecule has 1 saturated carbocycles. The van der Waals surface area contributed by atoms with Gasteiger partial charge in [-0.05, 0) is 37.4 Å². The van der Waals surface area contributed by atoms with Crippen molar-refractivity contribution in [2.75, 3.05) is 33.9 Å². The summed E-state index contributed by atoms with van der Waals surface area (Å²) in [5, 5.41) is 0. The van der Waals surface area contributed by atoms with Crippen LogP contribution in [0.1, 0.15) is 31.7 Å². The molecule has 5 rings (SSSR count). The highest BCUT2D eigenvalue weighted by Gasteiger charge is 2.70. The Morgan fingerprint density at radius 3 is 2.90 bits per heavy atom. The molecule has 29 heavy (non-hydrogen) atoms. The number of aliphatic imine (C=N–C) groups is 1. The highest BCUT2D eigenvalue weighted by atomic mass is 16.5. The Balaban J connectivity index is 1.78. The van der Waals surface area contributed by atoms with Gasteiger partial charge >= 0.3 is 11.9 Å². The lowest BCUT2D eigenvalue weighted by atomic mass is 9.52. The fraction of sp³-hybridized carbons (Fsp3) is 0.591. The van der Waals surface area contributed by atoms with E-state index in [1.54, 1.807) is 7.11 Å². The molecule has 4 aliphatic rings. The molecular weight excluding hydrogens is 372 g/mol. The smallest absolute Gasteiger partial charge is 0.314 e. The van der Waals surface area contributed by atoms with Gasteiger partial charge in [0.15, 0.2) is 0 Å². The van der Waals surface area contributed by atoms with Crippen molar-refractivity contribution in [3.8, 4) is 5.75 Å². The van der Waals surface area contributed by atoms with Crippen molar-refractivity contribution in [1.82, 2.24) is 4.90 Å². The van der Waals surface area contributed by atoms with E-state index in [9.17, 15) is 9.59 Å². The highest BCUT2D eigenvalue weighted by molar-refractivity contribution is 6.14. The fourth-order valence-electron chi connectivity index (χ4n) is 6.36.